The highest BCUT2D eigenvalue weighted by molar-refractivity contribution is 6.06. The van der Waals surface area contributed by atoms with Gasteiger partial charge in [-0.2, -0.15) is 0 Å². The van der Waals surface area contributed by atoms with Crippen LogP contribution >= 0.6 is 0 Å². The molecule has 0 aliphatic heterocycles. The maximum absolute atomic E-state index is 12.4. The minimum absolute atomic E-state index is 0.152. The van der Waals surface area contributed by atoms with Crippen molar-refractivity contribution < 1.29 is 9.53 Å². The largest absolute Gasteiger partial charge is 0.493 e. The van der Waals surface area contributed by atoms with Crippen LogP contribution in [0.1, 0.15) is 49.0 Å². The number of rotatable bonds is 6. The molecule has 1 unspecified atom stereocenters. The monoisotopic (exact) mass is 297 g/mol. The standard InChI is InChI=1S/C19H23NO2/c1-4-14(3)15-10-12-16(13-11-15)20-19(21)17-8-6-7-9-18(17)22-5-2/h6-14H,4-5H2,1-3H3,(H,20,21). The fraction of sp³-hybridized carbons (Fsp3) is 0.316. The molecule has 0 aliphatic carbocycles. The number of hydrogen-bond acceptors (Lipinski definition) is 2. The molecule has 3 nitrogen and oxygen atoms in total. The van der Waals surface area contributed by atoms with Crippen LogP contribution in [0, 0.1) is 0 Å². The van der Waals surface area contributed by atoms with E-state index in [4.69, 9.17) is 4.74 Å². The lowest BCUT2D eigenvalue weighted by Gasteiger charge is -2.12. The van der Waals surface area contributed by atoms with Gasteiger partial charge >= 0.3 is 0 Å². The van der Waals surface area contributed by atoms with Crippen LogP contribution in [0.15, 0.2) is 48.5 Å². The predicted molar refractivity (Wildman–Crippen MR) is 90.7 cm³/mol. The van der Waals surface area contributed by atoms with Crippen molar-refractivity contribution in [1.29, 1.82) is 0 Å². The zero-order valence-electron chi connectivity index (χ0n) is 13.4. The molecule has 2 rings (SSSR count). The molecule has 2 aromatic carbocycles. The van der Waals surface area contributed by atoms with E-state index in [1.807, 2.05) is 37.3 Å². The lowest BCUT2D eigenvalue weighted by molar-refractivity contribution is 0.102. The van der Waals surface area contributed by atoms with E-state index in [1.54, 1.807) is 6.07 Å². The van der Waals surface area contributed by atoms with Crippen LogP contribution < -0.4 is 10.1 Å². The Balaban J connectivity index is 2.12. The molecule has 0 spiro atoms. The van der Waals surface area contributed by atoms with Gasteiger partial charge in [-0.1, -0.05) is 38.1 Å². The third-order valence-electron chi connectivity index (χ3n) is 3.78. The molecule has 2 aromatic rings. The van der Waals surface area contributed by atoms with Crippen LogP contribution in [-0.4, -0.2) is 12.5 Å². The van der Waals surface area contributed by atoms with Crippen LogP contribution in [-0.2, 0) is 0 Å². The van der Waals surface area contributed by atoms with E-state index in [0.717, 1.165) is 12.1 Å². The van der Waals surface area contributed by atoms with Gasteiger partial charge in [0.15, 0.2) is 0 Å². The van der Waals surface area contributed by atoms with Gasteiger partial charge in [0, 0.05) is 5.69 Å². The second-order valence-electron chi connectivity index (χ2n) is 5.31. The van der Waals surface area contributed by atoms with E-state index in [9.17, 15) is 4.79 Å². The molecule has 0 aromatic heterocycles. The molecule has 22 heavy (non-hydrogen) atoms. The quantitative estimate of drug-likeness (QED) is 0.827. The first-order valence-electron chi connectivity index (χ1n) is 7.78. The minimum atomic E-state index is -0.152. The third kappa shape index (κ3) is 3.88. The van der Waals surface area contributed by atoms with E-state index < -0.39 is 0 Å². The molecular weight excluding hydrogens is 274 g/mol. The smallest absolute Gasteiger partial charge is 0.259 e. The summed E-state index contributed by atoms with van der Waals surface area (Å²) >= 11 is 0. The normalized spacial score (nSPS) is 11.8. The molecule has 0 aliphatic rings. The van der Waals surface area contributed by atoms with Gasteiger partial charge in [-0.15, -0.1) is 0 Å². The zero-order chi connectivity index (χ0) is 15.9. The molecule has 0 saturated heterocycles. The molecule has 0 heterocycles. The summed E-state index contributed by atoms with van der Waals surface area (Å²) in [6.45, 7) is 6.81. The van der Waals surface area contributed by atoms with Crippen molar-refractivity contribution in [1.82, 2.24) is 0 Å². The number of nitrogens with one attached hydrogen (secondary N) is 1. The fourth-order valence-corrected chi connectivity index (χ4v) is 2.26. The van der Waals surface area contributed by atoms with Gasteiger partial charge in [0.2, 0.25) is 0 Å². The second kappa shape index (κ2) is 7.64. The Morgan fingerprint density at radius 1 is 1.09 bits per heavy atom. The lowest BCUT2D eigenvalue weighted by atomic mass is 9.98. The average molecular weight is 297 g/mol. The fourth-order valence-electron chi connectivity index (χ4n) is 2.26. The average Bonchev–Trinajstić information content (AvgIpc) is 2.55. The van der Waals surface area contributed by atoms with Gasteiger partial charge in [0.05, 0.1) is 12.2 Å². The van der Waals surface area contributed by atoms with E-state index >= 15 is 0 Å². The molecule has 1 N–H and O–H groups in total. The summed E-state index contributed by atoms with van der Waals surface area (Å²) in [4.78, 5) is 12.4. The van der Waals surface area contributed by atoms with Gasteiger partial charge in [-0.3, -0.25) is 4.79 Å². The summed E-state index contributed by atoms with van der Waals surface area (Å²) in [7, 11) is 0. The van der Waals surface area contributed by atoms with E-state index in [0.29, 0.717) is 23.8 Å². The van der Waals surface area contributed by atoms with Crippen LogP contribution in [0.5, 0.6) is 5.75 Å². The van der Waals surface area contributed by atoms with E-state index in [-0.39, 0.29) is 5.91 Å². The summed E-state index contributed by atoms with van der Waals surface area (Å²) in [6.07, 6.45) is 1.10. The van der Waals surface area contributed by atoms with Crippen molar-refractivity contribution in [2.45, 2.75) is 33.1 Å². The lowest BCUT2D eigenvalue weighted by Crippen LogP contribution is -2.13. The zero-order valence-corrected chi connectivity index (χ0v) is 13.4. The first-order chi connectivity index (χ1) is 10.7. The van der Waals surface area contributed by atoms with Gasteiger partial charge in [-0.05, 0) is 49.1 Å². The molecule has 0 fully saturated rings. The van der Waals surface area contributed by atoms with E-state index in [2.05, 4.69) is 31.3 Å². The SMILES string of the molecule is CCOc1ccccc1C(=O)Nc1ccc(C(C)CC)cc1. The van der Waals surface area contributed by atoms with Crippen molar-refractivity contribution in [3.8, 4) is 5.75 Å². The number of anilines is 1. The van der Waals surface area contributed by atoms with Crippen molar-refractivity contribution in [3.05, 3.63) is 59.7 Å². The van der Waals surface area contributed by atoms with Crippen LogP contribution in [0.25, 0.3) is 0 Å². The number of amides is 1. The molecular formula is C19H23NO2. The Morgan fingerprint density at radius 3 is 2.41 bits per heavy atom. The van der Waals surface area contributed by atoms with Gasteiger partial charge in [-0.25, -0.2) is 0 Å². The Morgan fingerprint density at radius 2 is 1.77 bits per heavy atom. The summed E-state index contributed by atoms with van der Waals surface area (Å²) < 4.78 is 5.50. The number of carbonyl (C=O) groups excluding carboxylic acids is 1. The van der Waals surface area contributed by atoms with Crippen LogP contribution in [0.2, 0.25) is 0 Å². The summed E-state index contributed by atoms with van der Waals surface area (Å²) in [5.74, 6) is 0.988. The molecule has 116 valence electrons. The topological polar surface area (TPSA) is 38.3 Å². The van der Waals surface area contributed by atoms with E-state index in [1.165, 1.54) is 5.56 Å². The second-order valence-corrected chi connectivity index (χ2v) is 5.31. The first-order valence-corrected chi connectivity index (χ1v) is 7.78. The number of para-hydroxylation sites is 1. The number of ether oxygens (including phenoxy) is 1. The molecule has 0 bridgehead atoms. The van der Waals surface area contributed by atoms with Crippen molar-refractivity contribution >= 4 is 11.6 Å². The third-order valence-corrected chi connectivity index (χ3v) is 3.78. The first kappa shape index (κ1) is 16.1. The minimum Gasteiger partial charge on any atom is -0.493 e. The molecule has 0 radical (unpaired) electrons. The Bertz CT molecular complexity index is 620. The molecule has 1 amide bonds. The number of carbonyl (C=O) groups is 1. The van der Waals surface area contributed by atoms with Crippen LogP contribution in [0.3, 0.4) is 0 Å². The molecule has 0 saturated carbocycles. The van der Waals surface area contributed by atoms with Gasteiger partial charge in [0.1, 0.15) is 5.75 Å². The Labute approximate surface area is 132 Å². The maximum Gasteiger partial charge on any atom is 0.259 e. The highest BCUT2D eigenvalue weighted by atomic mass is 16.5. The molecule has 3 heteroatoms. The summed E-state index contributed by atoms with van der Waals surface area (Å²) in [5.41, 5.74) is 2.63. The Hall–Kier alpha value is -2.29. The summed E-state index contributed by atoms with van der Waals surface area (Å²) in [5, 5.41) is 2.92. The van der Waals surface area contributed by atoms with Gasteiger partial charge in [0.25, 0.3) is 5.91 Å². The van der Waals surface area contributed by atoms with Crippen molar-refractivity contribution in [2.75, 3.05) is 11.9 Å². The van der Waals surface area contributed by atoms with Gasteiger partial charge < -0.3 is 10.1 Å². The highest BCUT2D eigenvalue weighted by Gasteiger charge is 2.12. The number of benzene rings is 2. The predicted octanol–water partition coefficient (Wildman–Crippen LogP) is 4.85. The highest BCUT2D eigenvalue weighted by Crippen LogP contribution is 2.22. The summed E-state index contributed by atoms with van der Waals surface area (Å²) in [6, 6.07) is 15.3. The maximum atomic E-state index is 12.4. The van der Waals surface area contributed by atoms with Crippen molar-refractivity contribution in [2.24, 2.45) is 0 Å². The van der Waals surface area contributed by atoms with Crippen LogP contribution in [0.4, 0.5) is 5.69 Å². The molecule has 1 atom stereocenters. The Kier molecular flexibility index (Phi) is 5.59. The number of hydrogen-bond donors (Lipinski definition) is 1. The van der Waals surface area contributed by atoms with Crippen molar-refractivity contribution in [3.63, 3.8) is 0 Å².